The Labute approximate surface area is 214 Å². The molecule has 0 saturated heterocycles. The van der Waals surface area contributed by atoms with Gasteiger partial charge in [0, 0.05) is 35.9 Å². The first-order chi connectivity index (χ1) is 18.0. The van der Waals surface area contributed by atoms with E-state index in [-0.39, 0.29) is 6.54 Å². The van der Waals surface area contributed by atoms with Crippen LogP contribution in [0.3, 0.4) is 0 Å². The molecule has 1 amide bonds. The first-order valence-corrected chi connectivity index (χ1v) is 11.6. The number of anilines is 1. The van der Waals surface area contributed by atoms with E-state index in [1.54, 1.807) is 70.0 Å². The second kappa shape index (κ2) is 11.9. The van der Waals surface area contributed by atoms with E-state index in [0.717, 1.165) is 5.39 Å². The third kappa shape index (κ3) is 6.13. The van der Waals surface area contributed by atoms with Crippen LogP contribution >= 0.6 is 0 Å². The Hall–Kier alpha value is -4.66. The maximum Gasteiger partial charge on any atom is 0.411 e. The van der Waals surface area contributed by atoms with E-state index in [1.807, 2.05) is 24.3 Å². The Morgan fingerprint density at radius 3 is 2.27 bits per heavy atom. The molecule has 1 N–H and O–H groups in total. The number of amides is 1. The Morgan fingerprint density at radius 2 is 1.57 bits per heavy atom. The molecule has 1 aromatic heterocycles. The molecule has 37 heavy (non-hydrogen) atoms. The molecule has 0 atom stereocenters. The molecule has 0 fully saturated rings. The first kappa shape index (κ1) is 25.4. The second-order valence-electron chi connectivity index (χ2n) is 7.94. The average Bonchev–Trinajstić information content (AvgIpc) is 2.93. The summed E-state index contributed by atoms with van der Waals surface area (Å²) in [6.07, 6.45) is 1.12. The minimum atomic E-state index is -1.05. The van der Waals surface area contributed by atoms with Gasteiger partial charge in [0.1, 0.15) is 23.0 Å². The van der Waals surface area contributed by atoms with Gasteiger partial charge in [-0.05, 0) is 55.0 Å². The van der Waals surface area contributed by atoms with Crippen molar-refractivity contribution in [1.82, 2.24) is 4.98 Å². The number of hydrogen-bond acceptors (Lipinski definition) is 7. The number of nitrogens with zero attached hydrogens (tertiary/aromatic N) is 2. The summed E-state index contributed by atoms with van der Waals surface area (Å²) in [5, 5.41) is 10.5. The van der Waals surface area contributed by atoms with Crippen molar-refractivity contribution >= 4 is 22.7 Å². The highest BCUT2D eigenvalue weighted by Crippen LogP contribution is 2.37. The van der Waals surface area contributed by atoms with Crippen LogP contribution in [0.4, 0.5) is 10.5 Å². The van der Waals surface area contributed by atoms with Gasteiger partial charge in [0.25, 0.3) is 0 Å². The summed E-state index contributed by atoms with van der Waals surface area (Å²) in [5.74, 6) is 3.65. The fraction of sp³-hybridized carbons (Fsp3) is 0.214. The molecular weight excluding hydrogens is 476 g/mol. The first-order valence-electron chi connectivity index (χ1n) is 11.6. The summed E-state index contributed by atoms with van der Waals surface area (Å²) >= 11 is 0. The van der Waals surface area contributed by atoms with Crippen molar-refractivity contribution in [3.8, 4) is 34.5 Å². The van der Waals surface area contributed by atoms with Crippen molar-refractivity contribution in [1.29, 1.82) is 0 Å². The van der Waals surface area contributed by atoms with Crippen LogP contribution in [0.1, 0.15) is 6.42 Å². The molecule has 3 aromatic carbocycles. The minimum absolute atomic E-state index is 0.274. The van der Waals surface area contributed by atoms with Crippen LogP contribution in [0.15, 0.2) is 72.9 Å². The monoisotopic (exact) mass is 504 g/mol. The zero-order chi connectivity index (χ0) is 26.2. The van der Waals surface area contributed by atoms with Gasteiger partial charge in [-0.25, -0.2) is 4.79 Å². The lowest BCUT2D eigenvalue weighted by Gasteiger charge is -2.20. The van der Waals surface area contributed by atoms with E-state index in [4.69, 9.17) is 23.7 Å². The molecule has 192 valence electrons. The van der Waals surface area contributed by atoms with E-state index in [0.29, 0.717) is 58.7 Å². The Morgan fingerprint density at radius 1 is 0.838 bits per heavy atom. The van der Waals surface area contributed by atoms with Crippen molar-refractivity contribution in [3.63, 3.8) is 0 Å². The third-order valence-electron chi connectivity index (χ3n) is 5.65. The lowest BCUT2D eigenvalue weighted by molar-refractivity contribution is 0.201. The number of methoxy groups -OCH3 is 3. The van der Waals surface area contributed by atoms with Crippen LogP contribution in [-0.2, 0) is 0 Å². The highest BCUT2D eigenvalue weighted by atomic mass is 16.5. The number of ether oxygens (including phenoxy) is 5. The molecule has 4 rings (SSSR count). The number of benzene rings is 3. The molecule has 0 radical (unpaired) electrons. The van der Waals surface area contributed by atoms with Crippen molar-refractivity contribution in [2.24, 2.45) is 0 Å². The van der Waals surface area contributed by atoms with Gasteiger partial charge in [-0.3, -0.25) is 9.88 Å². The second-order valence-corrected chi connectivity index (χ2v) is 7.94. The Balaban J connectivity index is 1.42. The number of rotatable bonds is 11. The number of aromatic nitrogens is 1. The van der Waals surface area contributed by atoms with Crippen LogP contribution in [0.2, 0.25) is 0 Å². The molecular formula is C28H28N2O7. The third-order valence-corrected chi connectivity index (χ3v) is 5.65. The summed E-state index contributed by atoms with van der Waals surface area (Å²) in [6.45, 7) is 0.637. The fourth-order valence-electron chi connectivity index (χ4n) is 3.80. The topological polar surface area (TPSA) is 99.6 Å². The van der Waals surface area contributed by atoms with Gasteiger partial charge in [0.05, 0.1) is 33.5 Å². The van der Waals surface area contributed by atoms with Gasteiger partial charge in [0.15, 0.2) is 11.5 Å². The smallest absolute Gasteiger partial charge is 0.411 e. The zero-order valence-corrected chi connectivity index (χ0v) is 20.8. The number of pyridine rings is 1. The van der Waals surface area contributed by atoms with Crippen LogP contribution in [-0.4, -0.2) is 50.7 Å². The molecule has 0 unspecified atom stereocenters. The molecule has 9 nitrogen and oxygen atoms in total. The number of hydrogen-bond donors (Lipinski definition) is 1. The van der Waals surface area contributed by atoms with Gasteiger partial charge >= 0.3 is 6.09 Å². The number of carbonyl (C=O) groups is 1. The maximum atomic E-state index is 11.9. The van der Waals surface area contributed by atoms with E-state index in [2.05, 4.69) is 4.98 Å². The van der Waals surface area contributed by atoms with Crippen molar-refractivity contribution in [2.45, 2.75) is 6.42 Å². The Kier molecular flexibility index (Phi) is 8.15. The lowest BCUT2D eigenvalue weighted by Crippen LogP contribution is -2.31. The summed E-state index contributed by atoms with van der Waals surface area (Å²) in [5.41, 5.74) is 1.23. The molecule has 0 aliphatic rings. The van der Waals surface area contributed by atoms with E-state index in [9.17, 15) is 9.90 Å². The SMILES string of the molecule is COc1cccc(OCCCN(C(=O)O)c2ccc(Oc3ccnc4cc(OC)c(OC)cc34)cc2)c1. The summed E-state index contributed by atoms with van der Waals surface area (Å²) in [7, 11) is 4.73. The molecule has 0 bridgehead atoms. The Bertz CT molecular complexity index is 1360. The molecule has 1 heterocycles. The quantitative estimate of drug-likeness (QED) is 0.248. The van der Waals surface area contributed by atoms with Gasteiger partial charge in [-0.15, -0.1) is 0 Å². The van der Waals surface area contributed by atoms with Gasteiger partial charge in [-0.1, -0.05) is 6.07 Å². The molecule has 0 aliphatic carbocycles. The molecule has 0 spiro atoms. The van der Waals surface area contributed by atoms with E-state index >= 15 is 0 Å². The standard InChI is InChI=1S/C28H28N2O7/c1-33-21-6-4-7-22(16-21)36-15-5-14-30(28(31)32)19-8-10-20(11-9-19)37-25-12-13-29-24-18-27(35-3)26(34-2)17-23(24)25/h4,6-13,16-18H,5,14-15H2,1-3H3,(H,31,32). The largest absolute Gasteiger partial charge is 0.497 e. The molecule has 0 aliphatic heterocycles. The highest BCUT2D eigenvalue weighted by Gasteiger charge is 2.15. The van der Waals surface area contributed by atoms with Crippen LogP contribution in [0.25, 0.3) is 10.9 Å². The minimum Gasteiger partial charge on any atom is -0.497 e. The molecule has 0 saturated carbocycles. The van der Waals surface area contributed by atoms with Crippen LogP contribution in [0.5, 0.6) is 34.5 Å². The number of carboxylic acid groups (broad SMARTS) is 1. The predicted octanol–water partition coefficient (Wildman–Crippen LogP) is 6.01. The van der Waals surface area contributed by atoms with Gasteiger partial charge < -0.3 is 28.8 Å². The van der Waals surface area contributed by atoms with Crippen molar-refractivity contribution in [3.05, 3.63) is 72.9 Å². The normalized spacial score (nSPS) is 10.6. The van der Waals surface area contributed by atoms with Crippen LogP contribution in [0, 0.1) is 0 Å². The summed E-state index contributed by atoms with van der Waals surface area (Å²) in [6, 6.07) is 19.5. The summed E-state index contributed by atoms with van der Waals surface area (Å²) in [4.78, 5) is 17.6. The molecule has 4 aromatic rings. The van der Waals surface area contributed by atoms with Crippen LogP contribution < -0.4 is 28.6 Å². The number of fused-ring (bicyclic) bond motifs is 1. The van der Waals surface area contributed by atoms with Gasteiger partial charge in [-0.2, -0.15) is 0 Å². The fourth-order valence-corrected chi connectivity index (χ4v) is 3.80. The highest BCUT2D eigenvalue weighted by molar-refractivity contribution is 5.88. The average molecular weight is 505 g/mol. The molecule has 9 heteroatoms. The van der Waals surface area contributed by atoms with E-state index < -0.39 is 6.09 Å². The van der Waals surface area contributed by atoms with Gasteiger partial charge in [0.2, 0.25) is 0 Å². The van der Waals surface area contributed by atoms with Crippen molar-refractivity contribution in [2.75, 3.05) is 39.4 Å². The zero-order valence-electron chi connectivity index (χ0n) is 20.8. The maximum absolute atomic E-state index is 11.9. The lowest BCUT2D eigenvalue weighted by atomic mass is 10.2. The predicted molar refractivity (Wildman–Crippen MR) is 140 cm³/mol. The van der Waals surface area contributed by atoms with Crippen molar-refractivity contribution < 1.29 is 33.6 Å². The van der Waals surface area contributed by atoms with E-state index in [1.165, 1.54) is 4.90 Å². The summed E-state index contributed by atoms with van der Waals surface area (Å²) < 4.78 is 27.8.